The number of aromatic nitrogens is 5. The summed E-state index contributed by atoms with van der Waals surface area (Å²) in [7, 11) is 0. The molecule has 2 aromatic rings. The Kier molecular flexibility index (Phi) is 4.66. The van der Waals surface area contributed by atoms with E-state index in [1.54, 1.807) is 18.0 Å². The molecule has 0 spiro atoms. The summed E-state index contributed by atoms with van der Waals surface area (Å²) in [5, 5.41) is 15.9. The van der Waals surface area contributed by atoms with Crippen molar-refractivity contribution >= 4 is 24.2 Å². The molecule has 7 heteroatoms. The summed E-state index contributed by atoms with van der Waals surface area (Å²) >= 11 is 1.66. The van der Waals surface area contributed by atoms with Gasteiger partial charge in [-0.05, 0) is 18.9 Å². The zero-order valence-corrected chi connectivity index (χ0v) is 11.6. The van der Waals surface area contributed by atoms with Crippen LogP contribution in [0.4, 0.5) is 0 Å². The molecule has 98 valence electrons. The fourth-order valence-electron chi connectivity index (χ4n) is 2.24. The molecule has 3 rings (SSSR count). The van der Waals surface area contributed by atoms with Gasteiger partial charge in [0.1, 0.15) is 5.03 Å². The maximum Gasteiger partial charge on any atom is 0.139 e. The van der Waals surface area contributed by atoms with Gasteiger partial charge in [0, 0.05) is 11.9 Å². The number of halogens is 1. The number of hydrogen-bond donors (Lipinski definition) is 1. The predicted molar refractivity (Wildman–Crippen MR) is 72.9 cm³/mol. The van der Waals surface area contributed by atoms with Crippen LogP contribution in [0.15, 0.2) is 23.5 Å². The van der Waals surface area contributed by atoms with Crippen molar-refractivity contribution in [3.8, 4) is 0 Å². The number of nitrogens with one attached hydrogen (secondary N) is 1. The lowest BCUT2D eigenvalue weighted by Gasteiger charge is -2.08. The molecule has 1 aliphatic carbocycles. The van der Waals surface area contributed by atoms with Crippen molar-refractivity contribution in [2.45, 2.75) is 42.5 Å². The molecule has 5 nitrogen and oxygen atoms in total. The Hall–Kier alpha value is -1.01. The first-order chi connectivity index (χ1) is 8.42. The molecule has 0 saturated heterocycles. The molecule has 18 heavy (non-hydrogen) atoms. The molecule has 1 saturated carbocycles. The normalized spacial score (nSPS) is 15.8. The summed E-state index contributed by atoms with van der Waals surface area (Å²) in [5.41, 5.74) is 1.12. The van der Waals surface area contributed by atoms with Gasteiger partial charge in [-0.1, -0.05) is 24.6 Å². The van der Waals surface area contributed by atoms with Crippen molar-refractivity contribution in [1.82, 2.24) is 25.2 Å². The third kappa shape index (κ3) is 3.05. The summed E-state index contributed by atoms with van der Waals surface area (Å²) in [4.78, 5) is 0. The average Bonchev–Trinajstić information content (AvgIpc) is 3.09. The van der Waals surface area contributed by atoms with Crippen molar-refractivity contribution in [2.24, 2.45) is 0 Å². The number of rotatable bonds is 4. The first-order valence-electron chi connectivity index (χ1n) is 5.94. The van der Waals surface area contributed by atoms with Crippen LogP contribution < -0.4 is 0 Å². The highest BCUT2D eigenvalue weighted by atomic mass is 35.5. The second kappa shape index (κ2) is 6.24. The standard InChI is InChI=1S/C11H15N5S.ClH/c1-2-4-10(3-1)16-6-5-9(14-16)8-17-11-7-12-15-13-11;/h5-7,10H,1-4,8H2,(H,12,13,15);1H. The molecule has 0 unspecified atom stereocenters. The molecular weight excluding hydrogens is 270 g/mol. The van der Waals surface area contributed by atoms with Crippen LogP contribution in [0.1, 0.15) is 37.4 Å². The fraction of sp³-hybridized carbons (Fsp3) is 0.545. The van der Waals surface area contributed by atoms with Crippen LogP contribution >= 0.6 is 24.2 Å². The highest BCUT2D eigenvalue weighted by molar-refractivity contribution is 7.98. The molecule has 0 radical (unpaired) electrons. The molecule has 1 fully saturated rings. The summed E-state index contributed by atoms with van der Waals surface area (Å²) in [5.74, 6) is 0.853. The van der Waals surface area contributed by atoms with E-state index in [0.717, 1.165) is 16.5 Å². The van der Waals surface area contributed by atoms with Gasteiger partial charge in [-0.2, -0.15) is 15.4 Å². The third-order valence-corrected chi connectivity index (χ3v) is 4.06. The van der Waals surface area contributed by atoms with Crippen LogP contribution in [-0.2, 0) is 5.75 Å². The van der Waals surface area contributed by atoms with Gasteiger partial charge in [0.2, 0.25) is 0 Å². The summed E-state index contributed by atoms with van der Waals surface area (Å²) < 4.78 is 2.13. The Morgan fingerprint density at radius 2 is 2.22 bits per heavy atom. The van der Waals surface area contributed by atoms with Gasteiger partial charge in [0.05, 0.1) is 17.9 Å². The van der Waals surface area contributed by atoms with Crippen LogP contribution in [0, 0.1) is 0 Å². The lowest BCUT2D eigenvalue weighted by molar-refractivity contribution is 0.464. The van der Waals surface area contributed by atoms with Crippen LogP contribution in [-0.4, -0.2) is 25.2 Å². The zero-order chi connectivity index (χ0) is 11.5. The van der Waals surface area contributed by atoms with E-state index in [0.29, 0.717) is 6.04 Å². The number of thioether (sulfide) groups is 1. The van der Waals surface area contributed by atoms with Gasteiger partial charge in [0.25, 0.3) is 0 Å². The monoisotopic (exact) mass is 285 g/mol. The number of H-pyrrole nitrogens is 1. The van der Waals surface area contributed by atoms with E-state index in [2.05, 4.69) is 37.5 Å². The van der Waals surface area contributed by atoms with Gasteiger partial charge in [-0.3, -0.25) is 4.68 Å². The van der Waals surface area contributed by atoms with Gasteiger partial charge in [0.15, 0.2) is 0 Å². The zero-order valence-electron chi connectivity index (χ0n) is 9.95. The minimum Gasteiger partial charge on any atom is -0.269 e. The molecule has 0 bridgehead atoms. The predicted octanol–water partition coefficient (Wildman–Crippen LogP) is 2.83. The molecule has 1 aliphatic rings. The average molecular weight is 286 g/mol. The third-order valence-electron chi connectivity index (χ3n) is 3.12. The first kappa shape index (κ1) is 13.4. The van der Waals surface area contributed by atoms with Crippen LogP contribution in [0.5, 0.6) is 0 Å². The van der Waals surface area contributed by atoms with Crippen molar-refractivity contribution in [2.75, 3.05) is 0 Å². The highest BCUT2D eigenvalue weighted by Gasteiger charge is 2.17. The second-order valence-corrected chi connectivity index (χ2v) is 5.32. The van der Waals surface area contributed by atoms with Crippen LogP contribution in [0.25, 0.3) is 0 Å². The SMILES string of the molecule is Cl.c1cn(C2CCCC2)nc1CSc1cn[nH]n1. The Balaban J connectivity index is 0.00000120. The fourth-order valence-corrected chi connectivity index (χ4v) is 2.92. The summed E-state index contributed by atoms with van der Waals surface area (Å²) in [6.07, 6.45) is 9.07. The Labute approximate surface area is 116 Å². The van der Waals surface area contributed by atoms with Crippen LogP contribution in [0.2, 0.25) is 0 Å². The molecule has 0 amide bonds. The lowest BCUT2D eigenvalue weighted by Crippen LogP contribution is -2.05. The van der Waals surface area contributed by atoms with Crippen molar-refractivity contribution in [1.29, 1.82) is 0 Å². The maximum absolute atomic E-state index is 4.63. The minimum absolute atomic E-state index is 0. The highest BCUT2D eigenvalue weighted by Crippen LogP contribution is 2.29. The van der Waals surface area contributed by atoms with Crippen molar-refractivity contribution in [3.63, 3.8) is 0 Å². The smallest absolute Gasteiger partial charge is 0.139 e. The van der Waals surface area contributed by atoms with Crippen molar-refractivity contribution in [3.05, 3.63) is 24.2 Å². The lowest BCUT2D eigenvalue weighted by atomic mass is 10.3. The van der Waals surface area contributed by atoms with E-state index in [1.165, 1.54) is 25.7 Å². The molecule has 2 aromatic heterocycles. The van der Waals surface area contributed by atoms with E-state index < -0.39 is 0 Å². The Bertz CT molecular complexity index is 463. The van der Waals surface area contributed by atoms with Crippen molar-refractivity contribution < 1.29 is 0 Å². The van der Waals surface area contributed by atoms with E-state index in [9.17, 15) is 0 Å². The Morgan fingerprint density at radius 3 is 2.94 bits per heavy atom. The van der Waals surface area contributed by atoms with E-state index >= 15 is 0 Å². The quantitative estimate of drug-likeness (QED) is 0.878. The maximum atomic E-state index is 4.63. The first-order valence-corrected chi connectivity index (χ1v) is 6.93. The number of aromatic amines is 1. The molecule has 0 aromatic carbocycles. The van der Waals surface area contributed by atoms with E-state index in [1.807, 2.05) is 0 Å². The second-order valence-electron chi connectivity index (χ2n) is 4.32. The van der Waals surface area contributed by atoms with Gasteiger partial charge in [-0.15, -0.1) is 17.5 Å². The molecule has 0 aliphatic heterocycles. The van der Waals surface area contributed by atoms with Gasteiger partial charge < -0.3 is 0 Å². The van der Waals surface area contributed by atoms with Gasteiger partial charge in [-0.25, -0.2) is 0 Å². The molecule has 0 atom stereocenters. The largest absolute Gasteiger partial charge is 0.269 e. The van der Waals surface area contributed by atoms with E-state index in [-0.39, 0.29) is 12.4 Å². The van der Waals surface area contributed by atoms with Gasteiger partial charge >= 0.3 is 0 Å². The molecule has 2 heterocycles. The van der Waals surface area contributed by atoms with E-state index in [4.69, 9.17) is 0 Å². The molecular formula is C11H16ClN5S. The minimum atomic E-state index is 0. The summed E-state index contributed by atoms with van der Waals surface area (Å²) in [6, 6.07) is 2.73. The summed E-state index contributed by atoms with van der Waals surface area (Å²) in [6.45, 7) is 0. The number of hydrogen-bond acceptors (Lipinski definition) is 4. The molecule has 1 N–H and O–H groups in total. The topological polar surface area (TPSA) is 59.4 Å². The number of nitrogens with zero attached hydrogens (tertiary/aromatic N) is 4. The Morgan fingerprint density at radius 1 is 1.39 bits per heavy atom. The van der Waals surface area contributed by atoms with Crippen LogP contribution in [0.3, 0.4) is 0 Å².